The van der Waals surface area contributed by atoms with Gasteiger partial charge in [0.1, 0.15) is 0 Å². The fraction of sp³-hybridized carbons (Fsp3) is 0.294. The highest BCUT2D eigenvalue weighted by molar-refractivity contribution is 7.12. The number of piperidine rings is 1. The second kappa shape index (κ2) is 7.79. The van der Waals surface area contributed by atoms with Crippen molar-refractivity contribution in [1.82, 2.24) is 10.6 Å². The summed E-state index contributed by atoms with van der Waals surface area (Å²) >= 11 is 7.49. The molecule has 3 rings (SSSR count). The van der Waals surface area contributed by atoms with E-state index in [1.807, 2.05) is 11.4 Å². The molecule has 0 saturated carbocycles. The summed E-state index contributed by atoms with van der Waals surface area (Å²) in [5.41, 5.74) is 0.913. The van der Waals surface area contributed by atoms with Crippen molar-refractivity contribution in [2.24, 2.45) is 0 Å². The zero-order chi connectivity index (χ0) is 16.9. The van der Waals surface area contributed by atoms with Crippen molar-refractivity contribution in [3.05, 3.63) is 51.2 Å². The van der Waals surface area contributed by atoms with E-state index in [1.165, 1.54) is 11.3 Å². The van der Waals surface area contributed by atoms with E-state index in [0.717, 1.165) is 25.9 Å². The zero-order valence-corrected chi connectivity index (χ0v) is 14.5. The molecular weight excluding hydrogens is 346 g/mol. The minimum atomic E-state index is -0.235. The van der Waals surface area contributed by atoms with Gasteiger partial charge in [-0.05, 0) is 49.0 Å². The second-order valence-electron chi connectivity index (χ2n) is 5.64. The standard InChI is InChI=1S/C17H18ClN3O2S/c18-13-6-5-11(16(22)20-12-3-1-7-19-10-12)9-14(13)21-17(23)15-4-2-8-24-15/h2,4-6,8-9,12,19H,1,3,7,10H2,(H,20,22)(H,21,23). The molecule has 1 unspecified atom stereocenters. The smallest absolute Gasteiger partial charge is 0.265 e. The predicted octanol–water partition coefficient (Wildman–Crippen LogP) is 3.14. The lowest BCUT2D eigenvalue weighted by Gasteiger charge is -2.23. The van der Waals surface area contributed by atoms with Crippen LogP contribution in [0.3, 0.4) is 0 Å². The van der Waals surface area contributed by atoms with Gasteiger partial charge in [0, 0.05) is 18.2 Å². The van der Waals surface area contributed by atoms with E-state index in [0.29, 0.717) is 21.2 Å². The van der Waals surface area contributed by atoms with Crippen molar-refractivity contribution in [1.29, 1.82) is 0 Å². The summed E-state index contributed by atoms with van der Waals surface area (Å²) in [4.78, 5) is 25.1. The Morgan fingerprint density at radius 2 is 2.12 bits per heavy atom. The number of amides is 2. The minimum Gasteiger partial charge on any atom is -0.348 e. The summed E-state index contributed by atoms with van der Waals surface area (Å²) in [6.45, 7) is 1.77. The molecule has 0 aliphatic carbocycles. The van der Waals surface area contributed by atoms with Crippen LogP contribution in [0.2, 0.25) is 5.02 Å². The van der Waals surface area contributed by atoms with Crippen molar-refractivity contribution in [2.45, 2.75) is 18.9 Å². The Morgan fingerprint density at radius 3 is 2.83 bits per heavy atom. The van der Waals surface area contributed by atoms with Gasteiger partial charge in [0.15, 0.2) is 0 Å². The molecule has 1 aliphatic rings. The van der Waals surface area contributed by atoms with Gasteiger partial charge >= 0.3 is 0 Å². The summed E-state index contributed by atoms with van der Waals surface area (Å²) in [6.07, 6.45) is 2.02. The van der Waals surface area contributed by atoms with Crippen molar-refractivity contribution in [2.75, 3.05) is 18.4 Å². The van der Waals surface area contributed by atoms with Crippen LogP contribution in [-0.2, 0) is 0 Å². The number of thiophene rings is 1. The molecule has 1 saturated heterocycles. The van der Waals surface area contributed by atoms with Crippen LogP contribution < -0.4 is 16.0 Å². The minimum absolute atomic E-state index is 0.131. The van der Waals surface area contributed by atoms with Gasteiger partial charge in [-0.2, -0.15) is 0 Å². The second-order valence-corrected chi connectivity index (χ2v) is 7.00. The molecule has 2 amide bonds. The highest BCUT2D eigenvalue weighted by Gasteiger charge is 2.17. The maximum absolute atomic E-state index is 12.4. The van der Waals surface area contributed by atoms with Gasteiger partial charge in [0.25, 0.3) is 11.8 Å². The van der Waals surface area contributed by atoms with Crippen LogP contribution >= 0.6 is 22.9 Å². The quantitative estimate of drug-likeness (QED) is 0.781. The first-order chi connectivity index (χ1) is 11.6. The van der Waals surface area contributed by atoms with Crippen LogP contribution in [0.1, 0.15) is 32.9 Å². The molecule has 24 heavy (non-hydrogen) atoms. The van der Waals surface area contributed by atoms with E-state index in [2.05, 4.69) is 16.0 Å². The van der Waals surface area contributed by atoms with Gasteiger partial charge in [-0.25, -0.2) is 0 Å². The lowest BCUT2D eigenvalue weighted by molar-refractivity contribution is 0.0929. The number of halogens is 1. The number of nitrogens with one attached hydrogen (secondary N) is 3. The van der Waals surface area contributed by atoms with Crippen LogP contribution in [0.15, 0.2) is 35.7 Å². The predicted molar refractivity (Wildman–Crippen MR) is 97.1 cm³/mol. The molecule has 7 heteroatoms. The van der Waals surface area contributed by atoms with Crippen LogP contribution in [0, 0.1) is 0 Å². The summed E-state index contributed by atoms with van der Waals surface area (Å²) in [5.74, 6) is -0.395. The number of carbonyl (C=O) groups is 2. The molecule has 3 N–H and O–H groups in total. The molecule has 1 aliphatic heterocycles. The number of carbonyl (C=O) groups excluding carboxylic acids is 2. The Hall–Kier alpha value is -1.89. The molecule has 126 valence electrons. The Morgan fingerprint density at radius 1 is 1.25 bits per heavy atom. The summed E-state index contributed by atoms with van der Waals surface area (Å²) < 4.78 is 0. The highest BCUT2D eigenvalue weighted by Crippen LogP contribution is 2.24. The Bertz CT molecular complexity index is 727. The summed E-state index contributed by atoms with van der Waals surface area (Å²) in [5, 5.41) is 11.3. The number of hydrogen-bond donors (Lipinski definition) is 3. The van der Waals surface area contributed by atoms with Crippen molar-refractivity contribution >= 4 is 40.4 Å². The third-order valence-corrected chi connectivity index (χ3v) is 5.05. The largest absolute Gasteiger partial charge is 0.348 e. The van der Waals surface area contributed by atoms with Gasteiger partial charge in [-0.3, -0.25) is 9.59 Å². The molecule has 0 radical (unpaired) electrons. The summed E-state index contributed by atoms with van der Waals surface area (Å²) in [7, 11) is 0. The third kappa shape index (κ3) is 4.14. The average molecular weight is 364 g/mol. The average Bonchev–Trinajstić information content (AvgIpc) is 3.12. The first kappa shape index (κ1) is 17.0. The molecule has 2 heterocycles. The summed E-state index contributed by atoms with van der Waals surface area (Å²) in [6, 6.07) is 8.57. The van der Waals surface area contributed by atoms with Gasteiger partial charge in [0.05, 0.1) is 15.6 Å². The topological polar surface area (TPSA) is 70.2 Å². The van der Waals surface area contributed by atoms with Crippen molar-refractivity contribution in [3.8, 4) is 0 Å². The SMILES string of the molecule is O=C(NC1CCCNC1)c1ccc(Cl)c(NC(=O)c2cccs2)c1. The Kier molecular flexibility index (Phi) is 5.50. The van der Waals surface area contributed by atoms with Gasteiger partial charge in [-0.1, -0.05) is 17.7 Å². The molecule has 1 atom stereocenters. The molecule has 1 aromatic carbocycles. The number of rotatable bonds is 4. The maximum Gasteiger partial charge on any atom is 0.265 e. The van der Waals surface area contributed by atoms with E-state index < -0.39 is 0 Å². The van der Waals surface area contributed by atoms with Crippen molar-refractivity contribution in [3.63, 3.8) is 0 Å². The van der Waals surface area contributed by atoms with E-state index >= 15 is 0 Å². The third-order valence-electron chi connectivity index (χ3n) is 3.85. The van der Waals surface area contributed by atoms with Gasteiger partial charge in [-0.15, -0.1) is 11.3 Å². The Balaban J connectivity index is 1.70. The first-order valence-electron chi connectivity index (χ1n) is 7.79. The lowest BCUT2D eigenvalue weighted by atomic mass is 10.1. The Labute approximate surface area is 149 Å². The fourth-order valence-electron chi connectivity index (χ4n) is 2.60. The zero-order valence-electron chi connectivity index (χ0n) is 13.0. The number of hydrogen-bond acceptors (Lipinski definition) is 4. The van der Waals surface area contributed by atoms with Gasteiger partial charge in [0.2, 0.25) is 0 Å². The van der Waals surface area contributed by atoms with Crippen molar-refractivity contribution < 1.29 is 9.59 Å². The van der Waals surface area contributed by atoms with E-state index in [1.54, 1.807) is 24.3 Å². The monoisotopic (exact) mass is 363 g/mol. The van der Waals surface area contributed by atoms with Crippen LogP contribution in [0.25, 0.3) is 0 Å². The normalized spacial score (nSPS) is 17.3. The molecule has 0 bridgehead atoms. The highest BCUT2D eigenvalue weighted by atomic mass is 35.5. The molecule has 5 nitrogen and oxygen atoms in total. The maximum atomic E-state index is 12.4. The molecule has 1 fully saturated rings. The van der Waals surface area contributed by atoms with E-state index in [-0.39, 0.29) is 17.9 Å². The number of anilines is 1. The molecule has 2 aromatic rings. The molecule has 1 aromatic heterocycles. The van der Waals surface area contributed by atoms with Crippen LogP contribution in [-0.4, -0.2) is 30.9 Å². The van der Waals surface area contributed by atoms with Crippen LogP contribution in [0.4, 0.5) is 5.69 Å². The first-order valence-corrected chi connectivity index (χ1v) is 9.05. The molecule has 0 spiro atoms. The lowest BCUT2D eigenvalue weighted by Crippen LogP contribution is -2.45. The molecular formula is C17H18ClN3O2S. The van der Waals surface area contributed by atoms with Gasteiger partial charge < -0.3 is 16.0 Å². The fourth-order valence-corrected chi connectivity index (χ4v) is 3.38. The van der Waals surface area contributed by atoms with E-state index in [9.17, 15) is 9.59 Å². The number of benzene rings is 1. The van der Waals surface area contributed by atoms with E-state index in [4.69, 9.17) is 11.6 Å². The van der Waals surface area contributed by atoms with Crippen LogP contribution in [0.5, 0.6) is 0 Å².